The lowest BCUT2D eigenvalue weighted by molar-refractivity contribution is -0.138. The lowest BCUT2D eigenvalue weighted by Gasteiger charge is -2.11. The van der Waals surface area contributed by atoms with Gasteiger partial charge in [0.05, 0.1) is 12.0 Å². The van der Waals surface area contributed by atoms with E-state index in [9.17, 15) is 18.0 Å². The van der Waals surface area contributed by atoms with E-state index in [1.54, 1.807) is 0 Å². The summed E-state index contributed by atoms with van der Waals surface area (Å²) in [7, 11) is 0. The highest BCUT2D eigenvalue weighted by Crippen LogP contribution is 2.35. The minimum absolute atomic E-state index is 0.00963. The number of carboxylic acid groups (broad SMARTS) is 1. The number of benzene rings is 1. The van der Waals surface area contributed by atoms with Gasteiger partial charge in [0.25, 0.3) is 0 Å². The summed E-state index contributed by atoms with van der Waals surface area (Å²) in [6.45, 7) is 0. The van der Waals surface area contributed by atoms with Crippen molar-refractivity contribution in [3.05, 3.63) is 27.7 Å². The molecule has 0 atom stereocenters. The number of alkyl halides is 3. The van der Waals surface area contributed by atoms with Gasteiger partial charge in [0, 0.05) is 10.2 Å². The van der Waals surface area contributed by atoms with Gasteiger partial charge in [-0.2, -0.15) is 13.2 Å². The second-order valence-electron chi connectivity index (χ2n) is 3.10. The van der Waals surface area contributed by atoms with Crippen LogP contribution in [0.2, 0.25) is 0 Å². The summed E-state index contributed by atoms with van der Waals surface area (Å²) >= 11 is 2.86. The summed E-state index contributed by atoms with van der Waals surface area (Å²) < 4.78 is 37.3. The van der Waals surface area contributed by atoms with Crippen LogP contribution in [0.5, 0.6) is 0 Å². The fraction of sp³-hybridized carbons (Fsp3) is 0.222. The van der Waals surface area contributed by atoms with E-state index in [-0.39, 0.29) is 15.7 Å². The molecule has 0 saturated heterocycles. The smallest absolute Gasteiger partial charge is 0.416 e. The van der Waals surface area contributed by atoms with Gasteiger partial charge >= 0.3 is 12.1 Å². The van der Waals surface area contributed by atoms with Crippen LogP contribution in [-0.4, -0.2) is 11.1 Å². The fourth-order valence-corrected chi connectivity index (χ4v) is 1.65. The van der Waals surface area contributed by atoms with Crippen LogP contribution in [0.4, 0.5) is 18.9 Å². The van der Waals surface area contributed by atoms with Crippen molar-refractivity contribution in [2.75, 3.05) is 5.73 Å². The lowest BCUT2D eigenvalue weighted by atomic mass is 10.1. The highest BCUT2D eigenvalue weighted by molar-refractivity contribution is 9.10. The summed E-state index contributed by atoms with van der Waals surface area (Å²) in [6, 6.07) is 1.56. The first-order chi connectivity index (χ1) is 7.21. The average molecular weight is 298 g/mol. The van der Waals surface area contributed by atoms with E-state index in [0.29, 0.717) is 0 Å². The predicted molar refractivity (Wildman–Crippen MR) is 54.9 cm³/mol. The molecule has 0 saturated carbocycles. The summed E-state index contributed by atoms with van der Waals surface area (Å²) in [5, 5.41) is 8.52. The highest BCUT2D eigenvalue weighted by atomic mass is 79.9. The van der Waals surface area contributed by atoms with Gasteiger partial charge < -0.3 is 10.8 Å². The Balaban J connectivity index is 3.27. The maximum absolute atomic E-state index is 12.4. The van der Waals surface area contributed by atoms with Gasteiger partial charge in [-0.3, -0.25) is 4.79 Å². The summed E-state index contributed by atoms with van der Waals surface area (Å²) in [5.41, 5.74) is 4.49. The average Bonchev–Trinajstić information content (AvgIpc) is 2.10. The highest BCUT2D eigenvalue weighted by Gasteiger charge is 2.31. The van der Waals surface area contributed by atoms with E-state index in [4.69, 9.17) is 10.8 Å². The molecular formula is C9H7BrF3NO2. The first-order valence-electron chi connectivity index (χ1n) is 4.08. The van der Waals surface area contributed by atoms with Gasteiger partial charge in [-0.15, -0.1) is 0 Å². The number of rotatable bonds is 2. The van der Waals surface area contributed by atoms with Crippen LogP contribution in [-0.2, 0) is 17.4 Å². The molecule has 1 rings (SSSR count). The molecule has 3 N–H and O–H groups in total. The summed E-state index contributed by atoms with van der Waals surface area (Å²) in [5.74, 6) is -1.24. The summed E-state index contributed by atoms with van der Waals surface area (Å²) in [4.78, 5) is 10.4. The molecule has 0 aromatic heterocycles. The molecule has 1 aromatic carbocycles. The minimum Gasteiger partial charge on any atom is -0.481 e. The van der Waals surface area contributed by atoms with E-state index in [2.05, 4.69) is 15.9 Å². The van der Waals surface area contributed by atoms with Crippen molar-refractivity contribution in [1.82, 2.24) is 0 Å². The Labute approximate surface area is 97.2 Å². The van der Waals surface area contributed by atoms with E-state index < -0.39 is 24.1 Å². The second kappa shape index (κ2) is 4.32. The molecule has 3 nitrogen and oxygen atoms in total. The molecule has 0 aliphatic heterocycles. The van der Waals surface area contributed by atoms with Crippen LogP contribution in [0.1, 0.15) is 11.1 Å². The number of hydrogen-bond acceptors (Lipinski definition) is 2. The number of nitrogens with two attached hydrogens (primary N) is 1. The molecule has 1 aromatic rings. The van der Waals surface area contributed by atoms with Crippen LogP contribution < -0.4 is 5.73 Å². The van der Waals surface area contributed by atoms with Gasteiger partial charge in [-0.05, 0) is 33.6 Å². The Kier molecular flexibility index (Phi) is 3.47. The molecule has 0 fully saturated rings. The lowest BCUT2D eigenvalue weighted by Crippen LogP contribution is -2.10. The number of anilines is 1. The van der Waals surface area contributed by atoms with Gasteiger partial charge in [0.1, 0.15) is 0 Å². The minimum atomic E-state index is -4.52. The Morgan fingerprint density at radius 3 is 2.44 bits per heavy atom. The zero-order chi connectivity index (χ0) is 12.5. The van der Waals surface area contributed by atoms with Crippen molar-refractivity contribution in [2.45, 2.75) is 12.6 Å². The third-order valence-corrected chi connectivity index (χ3v) is 2.54. The molecule has 0 bridgehead atoms. The molecule has 16 heavy (non-hydrogen) atoms. The monoisotopic (exact) mass is 297 g/mol. The predicted octanol–water partition coefficient (Wildman–Crippen LogP) is 2.68. The van der Waals surface area contributed by atoms with E-state index in [0.717, 1.165) is 12.1 Å². The second-order valence-corrected chi connectivity index (χ2v) is 3.95. The largest absolute Gasteiger partial charge is 0.481 e. The van der Waals surface area contributed by atoms with Crippen molar-refractivity contribution < 1.29 is 23.1 Å². The molecule has 0 radical (unpaired) electrons. The molecule has 0 aliphatic rings. The van der Waals surface area contributed by atoms with Crippen molar-refractivity contribution in [3.63, 3.8) is 0 Å². The molecular weight excluding hydrogens is 291 g/mol. The molecule has 0 heterocycles. The SMILES string of the molecule is Nc1c(Br)cc(C(F)(F)F)cc1CC(=O)O. The maximum atomic E-state index is 12.4. The van der Waals surface area contributed by atoms with Gasteiger partial charge in [-0.1, -0.05) is 0 Å². The van der Waals surface area contributed by atoms with Gasteiger partial charge in [0.2, 0.25) is 0 Å². The topological polar surface area (TPSA) is 63.3 Å². The fourth-order valence-electron chi connectivity index (χ4n) is 1.15. The molecule has 0 spiro atoms. The number of hydrogen-bond donors (Lipinski definition) is 2. The van der Waals surface area contributed by atoms with Crippen LogP contribution in [0.3, 0.4) is 0 Å². The van der Waals surface area contributed by atoms with Crippen molar-refractivity contribution in [3.8, 4) is 0 Å². The molecule has 0 unspecified atom stereocenters. The normalized spacial score (nSPS) is 11.5. The third-order valence-electron chi connectivity index (χ3n) is 1.88. The first kappa shape index (κ1) is 12.8. The van der Waals surface area contributed by atoms with Gasteiger partial charge in [0.15, 0.2) is 0 Å². The number of halogens is 4. The number of carboxylic acids is 1. The Morgan fingerprint density at radius 1 is 1.44 bits per heavy atom. The van der Waals surface area contributed by atoms with E-state index in [1.165, 1.54) is 0 Å². The van der Waals surface area contributed by atoms with Crippen LogP contribution in [0, 0.1) is 0 Å². The van der Waals surface area contributed by atoms with Crippen LogP contribution in [0.25, 0.3) is 0 Å². The third kappa shape index (κ3) is 2.88. The quantitative estimate of drug-likeness (QED) is 0.825. The van der Waals surface area contributed by atoms with E-state index >= 15 is 0 Å². The number of nitrogen functional groups attached to an aromatic ring is 1. The van der Waals surface area contributed by atoms with Crippen molar-refractivity contribution in [1.29, 1.82) is 0 Å². The molecule has 7 heteroatoms. The maximum Gasteiger partial charge on any atom is 0.416 e. The van der Waals surface area contributed by atoms with Crippen molar-refractivity contribution >= 4 is 27.6 Å². The molecule has 88 valence electrons. The summed E-state index contributed by atoms with van der Waals surface area (Å²) in [6.07, 6.45) is -5.07. The van der Waals surface area contributed by atoms with Crippen molar-refractivity contribution in [2.24, 2.45) is 0 Å². The van der Waals surface area contributed by atoms with Crippen LogP contribution in [0.15, 0.2) is 16.6 Å². The number of carbonyl (C=O) groups is 1. The Morgan fingerprint density at radius 2 is 2.00 bits per heavy atom. The van der Waals surface area contributed by atoms with Crippen LogP contribution >= 0.6 is 15.9 Å². The zero-order valence-corrected chi connectivity index (χ0v) is 9.39. The zero-order valence-electron chi connectivity index (χ0n) is 7.81. The standard InChI is InChI=1S/C9H7BrF3NO2/c10-6-3-5(9(11,12)13)1-4(8(6)14)2-7(15)16/h1,3H,2,14H2,(H,15,16). The first-order valence-corrected chi connectivity index (χ1v) is 4.88. The Bertz CT molecular complexity index is 431. The number of aliphatic carboxylic acids is 1. The molecule has 0 amide bonds. The van der Waals surface area contributed by atoms with E-state index in [1.807, 2.05) is 0 Å². The molecule has 0 aliphatic carbocycles. The van der Waals surface area contributed by atoms with Gasteiger partial charge in [-0.25, -0.2) is 0 Å². The Hall–Kier alpha value is -1.24.